The summed E-state index contributed by atoms with van der Waals surface area (Å²) in [5, 5.41) is 0. The Hall–Kier alpha value is -1.18. The van der Waals surface area contributed by atoms with Crippen LogP contribution in [0.3, 0.4) is 0 Å². The van der Waals surface area contributed by atoms with E-state index < -0.39 is 0 Å². The summed E-state index contributed by atoms with van der Waals surface area (Å²) in [6.07, 6.45) is 10.8. The summed E-state index contributed by atoms with van der Waals surface area (Å²) in [6, 6.07) is 7.50. The van der Waals surface area contributed by atoms with Crippen LogP contribution >= 0.6 is 0 Å². The second-order valence-corrected chi connectivity index (χ2v) is 6.69. The molecular weight excluding hydrogens is 244 g/mol. The van der Waals surface area contributed by atoms with Crippen LogP contribution in [-0.4, -0.2) is 12.6 Å². The lowest BCUT2D eigenvalue weighted by Gasteiger charge is -2.36. The highest BCUT2D eigenvalue weighted by Crippen LogP contribution is 2.36. The molecule has 0 bridgehead atoms. The predicted molar refractivity (Wildman–Crippen MR) is 87.3 cm³/mol. The maximum atomic E-state index is 6.38. The largest absolute Gasteiger partial charge is 0.397 e. The Kier molecular flexibility index (Phi) is 4.18. The van der Waals surface area contributed by atoms with Crippen molar-refractivity contribution in [3.05, 3.63) is 23.8 Å². The van der Waals surface area contributed by atoms with Crippen LogP contribution in [0.5, 0.6) is 0 Å². The number of nitrogens with two attached hydrogens (primary N) is 1. The SMILES string of the molecule is CC1CCCCN1c1ccc(C2CCCCC2)cc1N. The van der Waals surface area contributed by atoms with Gasteiger partial charge in [0, 0.05) is 12.6 Å². The lowest BCUT2D eigenvalue weighted by molar-refractivity contribution is 0.443. The van der Waals surface area contributed by atoms with Crippen molar-refractivity contribution in [2.75, 3.05) is 17.2 Å². The summed E-state index contributed by atoms with van der Waals surface area (Å²) in [5.41, 5.74) is 10.1. The van der Waals surface area contributed by atoms with E-state index in [4.69, 9.17) is 5.73 Å². The van der Waals surface area contributed by atoms with Gasteiger partial charge in [-0.1, -0.05) is 25.3 Å². The molecule has 1 unspecified atom stereocenters. The molecule has 1 aromatic carbocycles. The van der Waals surface area contributed by atoms with Gasteiger partial charge in [0.05, 0.1) is 11.4 Å². The van der Waals surface area contributed by atoms with Crippen LogP contribution in [0.4, 0.5) is 11.4 Å². The number of benzene rings is 1. The molecule has 1 heterocycles. The fourth-order valence-corrected chi connectivity index (χ4v) is 3.98. The van der Waals surface area contributed by atoms with E-state index in [0.29, 0.717) is 6.04 Å². The monoisotopic (exact) mass is 272 g/mol. The molecule has 1 saturated carbocycles. The highest BCUT2D eigenvalue weighted by Gasteiger charge is 2.22. The number of nitrogens with zero attached hydrogens (tertiary/aromatic N) is 1. The van der Waals surface area contributed by atoms with Gasteiger partial charge >= 0.3 is 0 Å². The summed E-state index contributed by atoms with van der Waals surface area (Å²) < 4.78 is 0. The molecule has 0 amide bonds. The van der Waals surface area contributed by atoms with Crippen LogP contribution in [0.25, 0.3) is 0 Å². The van der Waals surface area contributed by atoms with E-state index in [1.54, 1.807) is 0 Å². The van der Waals surface area contributed by atoms with Gasteiger partial charge in [0.15, 0.2) is 0 Å². The number of piperidine rings is 1. The van der Waals surface area contributed by atoms with Gasteiger partial charge < -0.3 is 10.6 Å². The number of hydrogen-bond acceptors (Lipinski definition) is 2. The Bertz CT molecular complexity index is 449. The van der Waals surface area contributed by atoms with Crippen LogP contribution in [-0.2, 0) is 0 Å². The van der Waals surface area contributed by atoms with E-state index in [1.165, 1.54) is 62.6 Å². The first kappa shape index (κ1) is 13.8. The summed E-state index contributed by atoms with van der Waals surface area (Å²) in [5.74, 6) is 0.749. The molecule has 110 valence electrons. The van der Waals surface area contributed by atoms with E-state index in [0.717, 1.165) is 18.2 Å². The molecular formula is C18H28N2. The van der Waals surface area contributed by atoms with Crippen LogP contribution in [0.2, 0.25) is 0 Å². The molecule has 20 heavy (non-hydrogen) atoms. The Morgan fingerprint density at radius 2 is 1.75 bits per heavy atom. The van der Waals surface area contributed by atoms with Crippen molar-refractivity contribution in [1.29, 1.82) is 0 Å². The smallest absolute Gasteiger partial charge is 0.0602 e. The van der Waals surface area contributed by atoms with Gasteiger partial charge in [0.1, 0.15) is 0 Å². The fourth-order valence-electron chi connectivity index (χ4n) is 3.98. The highest BCUT2D eigenvalue weighted by molar-refractivity contribution is 5.69. The Labute approximate surface area is 123 Å². The third-order valence-electron chi connectivity index (χ3n) is 5.24. The topological polar surface area (TPSA) is 29.3 Å². The molecule has 0 aromatic heterocycles. The predicted octanol–water partition coefficient (Wildman–Crippen LogP) is 4.70. The van der Waals surface area contributed by atoms with Gasteiger partial charge in [-0.15, -0.1) is 0 Å². The van der Waals surface area contributed by atoms with E-state index in [2.05, 4.69) is 30.0 Å². The minimum Gasteiger partial charge on any atom is -0.397 e. The zero-order valence-electron chi connectivity index (χ0n) is 12.8. The molecule has 1 aliphatic heterocycles. The van der Waals surface area contributed by atoms with Crippen molar-refractivity contribution in [1.82, 2.24) is 0 Å². The minimum atomic E-state index is 0.631. The molecule has 0 radical (unpaired) electrons. The molecule has 2 N–H and O–H groups in total. The van der Waals surface area contributed by atoms with Crippen molar-refractivity contribution in [2.24, 2.45) is 0 Å². The molecule has 2 heteroatoms. The molecule has 1 saturated heterocycles. The van der Waals surface area contributed by atoms with Crippen molar-refractivity contribution in [3.63, 3.8) is 0 Å². The molecule has 1 atom stereocenters. The van der Waals surface area contributed by atoms with E-state index >= 15 is 0 Å². The molecule has 2 fully saturated rings. The average Bonchev–Trinajstić information content (AvgIpc) is 2.49. The van der Waals surface area contributed by atoms with E-state index in [9.17, 15) is 0 Å². The van der Waals surface area contributed by atoms with Crippen LogP contribution < -0.4 is 10.6 Å². The van der Waals surface area contributed by atoms with Gasteiger partial charge in [0.25, 0.3) is 0 Å². The summed E-state index contributed by atoms with van der Waals surface area (Å²) >= 11 is 0. The van der Waals surface area contributed by atoms with Crippen molar-refractivity contribution >= 4 is 11.4 Å². The Balaban J connectivity index is 1.79. The lowest BCUT2D eigenvalue weighted by atomic mass is 9.84. The van der Waals surface area contributed by atoms with Gasteiger partial charge in [-0.3, -0.25) is 0 Å². The van der Waals surface area contributed by atoms with Gasteiger partial charge in [0.2, 0.25) is 0 Å². The number of anilines is 2. The fraction of sp³-hybridized carbons (Fsp3) is 0.667. The standard InChI is InChI=1S/C18H28N2/c1-14-7-5-6-12-20(14)18-11-10-16(13-17(18)19)15-8-3-2-4-9-15/h10-11,13-15H,2-9,12,19H2,1H3. The zero-order valence-corrected chi connectivity index (χ0v) is 12.8. The van der Waals surface area contributed by atoms with Crippen LogP contribution in [0.1, 0.15) is 69.8 Å². The highest BCUT2D eigenvalue weighted by atomic mass is 15.2. The summed E-state index contributed by atoms with van der Waals surface area (Å²) in [6.45, 7) is 3.49. The molecule has 1 aromatic rings. The number of rotatable bonds is 2. The Morgan fingerprint density at radius 1 is 1.00 bits per heavy atom. The molecule has 2 aliphatic rings. The van der Waals surface area contributed by atoms with Crippen LogP contribution in [0.15, 0.2) is 18.2 Å². The van der Waals surface area contributed by atoms with Crippen molar-refractivity contribution in [2.45, 2.75) is 70.3 Å². The average molecular weight is 272 g/mol. The summed E-state index contributed by atoms with van der Waals surface area (Å²) in [4.78, 5) is 2.50. The molecule has 0 spiro atoms. The second kappa shape index (κ2) is 6.07. The van der Waals surface area contributed by atoms with Crippen molar-refractivity contribution < 1.29 is 0 Å². The van der Waals surface area contributed by atoms with E-state index in [-0.39, 0.29) is 0 Å². The van der Waals surface area contributed by atoms with Gasteiger partial charge in [-0.25, -0.2) is 0 Å². The molecule has 2 nitrogen and oxygen atoms in total. The maximum Gasteiger partial charge on any atom is 0.0602 e. The third kappa shape index (κ3) is 2.79. The van der Waals surface area contributed by atoms with E-state index in [1.807, 2.05) is 0 Å². The van der Waals surface area contributed by atoms with Crippen molar-refractivity contribution in [3.8, 4) is 0 Å². The Morgan fingerprint density at radius 3 is 2.45 bits per heavy atom. The van der Waals surface area contributed by atoms with Gasteiger partial charge in [-0.05, 0) is 62.6 Å². The second-order valence-electron chi connectivity index (χ2n) is 6.69. The maximum absolute atomic E-state index is 6.38. The lowest BCUT2D eigenvalue weighted by Crippen LogP contribution is -2.37. The first-order valence-electron chi connectivity index (χ1n) is 8.42. The van der Waals surface area contributed by atoms with Crippen LogP contribution in [0, 0.1) is 0 Å². The molecule has 1 aliphatic carbocycles. The first-order valence-corrected chi connectivity index (χ1v) is 8.42. The normalized spacial score (nSPS) is 24.9. The zero-order chi connectivity index (χ0) is 13.9. The molecule has 3 rings (SSSR count). The minimum absolute atomic E-state index is 0.631. The first-order chi connectivity index (χ1) is 9.75. The van der Waals surface area contributed by atoms with Gasteiger partial charge in [-0.2, -0.15) is 0 Å². The number of nitrogen functional groups attached to an aromatic ring is 1. The number of hydrogen-bond donors (Lipinski definition) is 1. The third-order valence-corrected chi connectivity index (χ3v) is 5.24. The summed E-state index contributed by atoms with van der Waals surface area (Å²) in [7, 11) is 0. The quantitative estimate of drug-likeness (QED) is 0.791.